The van der Waals surface area contributed by atoms with Gasteiger partial charge in [-0.15, -0.1) is 0 Å². The highest BCUT2D eigenvalue weighted by Crippen LogP contribution is 2.33. The topological polar surface area (TPSA) is 66.6 Å². The molecule has 23 heavy (non-hydrogen) atoms. The molecule has 1 saturated heterocycles. The maximum Gasteiger partial charge on any atom is 0.248 e. The molecule has 4 nitrogen and oxygen atoms in total. The third-order valence-electron chi connectivity index (χ3n) is 4.26. The highest BCUT2D eigenvalue weighted by atomic mass is 19.1. The van der Waals surface area contributed by atoms with E-state index < -0.39 is 12.0 Å². The maximum absolute atomic E-state index is 13.1. The number of nitrogens with zero attached hydrogens (tertiary/aromatic N) is 1. The average molecular weight is 314 g/mol. The number of hydrogen-bond acceptors (Lipinski definition) is 3. The molecule has 0 aromatic heterocycles. The van der Waals surface area contributed by atoms with Crippen molar-refractivity contribution in [3.05, 3.63) is 71.0 Å². The van der Waals surface area contributed by atoms with Crippen molar-refractivity contribution < 1.29 is 14.3 Å². The largest absolute Gasteiger partial charge is 0.392 e. The first-order valence-electron chi connectivity index (χ1n) is 7.59. The Kier molecular flexibility index (Phi) is 4.41. The number of rotatable bonds is 4. The second kappa shape index (κ2) is 6.48. The number of aliphatic hydroxyl groups excluding tert-OH is 1. The van der Waals surface area contributed by atoms with E-state index in [1.807, 2.05) is 12.1 Å². The normalized spacial score (nSPS) is 21.5. The summed E-state index contributed by atoms with van der Waals surface area (Å²) in [7, 11) is 0. The minimum atomic E-state index is -0.447. The molecule has 1 heterocycles. The molecule has 3 rings (SSSR count). The molecule has 1 aliphatic rings. The van der Waals surface area contributed by atoms with E-state index in [1.165, 1.54) is 12.1 Å². The number of carbonyl (C=O) groups excluding carboxylic acids is 1. The van der Waals surface area contributed by atoms with E-state index in [0.717, 1.165) is 11.1 Å². The lowest BCUT2D eigenvalue weighted by Gasteiger charge is -2.24. The first-order chi connectivity index (χ1) is 11.0. The molecule has 0 saturated carbocycles. The molecule has 1 aliphatic heterocycles. The third-order valence-corrected chi connectivity index (χ3v) is 4.26. The molecule has 0 aliphatic carbocycles. The molecule has 2 aromatic rings. The first kappa shape index (κ1) is 15.6. The fourth-order valence-corrected chi connectivity index (χ4v) is 3.09. The van der Waals surface area contributed by atoms with E-state index in [4.69, 9.17) is 5.73 Å². The van der Waals surface area contributed by atoms with Crippen LogP contribution in [0.4, 0.5) is 4.39 Å². The zero-order chi connectivity index (χ0) is 16.4. The van der Waals surface area contributed by atoms with E-state index in [1.54, 1.807) is 24.3 Å². The van der Waals surface area contributed by atoms with Crippen molar-refractivity contribution >= 4 is 5.91 Å². The third kappa shape index (κ3) is 3.57. The second-order valence-electron chi connectivity index (χ2n) is 5.95. The van der Waals surface area contributed by atoms with E-state index >= 15 is 0 Å². The van der Waals surface area contributed by atoms with Gasteiger partial charge in [0.25, 0.3) is 0 Å². The fraction of sp³-hybridized carbons (Fsp3) is 0.278. The minimum Gasteiger partial charge on any atom is -0.392 e. The van der Waals surface area contributed by atoms with Crippen LogP contribution in [-0.2, 0) is 6.54 Å². The molecular formula is C18H19FN2O2. The molecule has 120 valence electrons. The fourth-order valence-electron chi connectivity index (χ4n) is 3.09. The zero-order valence-electron chi connectivity index (χ0n) is 12.7. The van der Waals surface area contributed by atoms with Gasteiger partial charge in [0.2, 0.25) is 5.91 Å². The number of aliphatic hydroxyl groups is 1. The summed E-state index contributed by atoms with van der Waals surface area (Å²) in [4.78, 5) is 13.3. The van der Waals surface area contributed by atoms with Gasteiger partial charge in [0.15, 0.2) is 0 Å². The Morgan fingerprint density at radius 3 is 2.43 bits per heavy atom. The van der Waals surface area contributed by atoms with E-state index in [0.29, 0.717) is 25.1 Å². The zero-order valence-corrected chi connectivity index (χ0v) is 12.7. The van der Waals surface area contributed by atoms with Crippen LogP contribution in [0.3, 0.4) is 0 Å². The lowest BCUT2D eigenvalue weighted by atomic mass is 10.0. The molecular weight excluding hydrogens is 295 g/mol. The van der Waals surface area contributed by atoms with Crippen molar-refractivity contribution in [3.8, 4) is 0 Å². The second-order valence-corrected chi connectivity index (χ2v) is 5.95. The summed E-state index contributed by atoms with van der Waals surface area (Å²) >= 11 is 0. The molecule has 0 spiro atoms. The highest BCUT2D eigenvalue weighted by Gasteiger charge is 2.31. The van der Waals surface area contributed by atoms with Crippen LogP contribution in [-0.4, -0.2) is 28.6 Å². The van der Waals surface area contributed by atoms with E-state index in [-0.39, 0.29) is 11.9 Å². The predicted molar refractivity (Wildman–Crippen MR) is 85.1 cm³/mol. The van der Waals surface area contributed by atoms with Gasteiger partial charge in [-0.25, -0.2) is 4.39 Å². The van der Waals surface area contributed by atoms with Crippen LogP contribution >= 0.6 is 0 Å². The molecule has 1 fully saturated rings. The van der Waals surface area contributed by atoms with Crippen molar-refractivity contribution in [2.75, 3.05) is 6.54 Å². The summed E-state index contributed by atoms with van der Waals surface area (Å²) in [5.74, 6) is -0.710. The summed E-state index contributed by atoms with van der Waals surface area (Å²) in [6, 6.07) is 13.6. The SMILES string of the molecule is NC(=O)c1ccc(CN2C[C@@H](O)C[C@@H]2c2ccc(F)cc2)cc1. The number of β-amino-alcohol motifs (C(OH)–C–C–N with tert-alkyl or cyclic N) is 1. The lowest BCUT2D eigenvalue weighted by molar-refractivity contribution is 0.1000. The Hall–Kier alpha value is -2.24. The van der Waals surface area contributed by atoms with Gasteiger partial charge < -0.3 is 10.8 Å². The van der Waals surface area contributed by atoms with Crippen molar-refractivity contribution in [2.24, 2.45) is 5.73 Å². The lowest BCUT2D eigenvalue weighted by Crippen LogP contribution is -2.24. The first-order valence-corrected chi connectivity index (χ1v) is 7.59. The Labute approximate surface area is 134 Å². The Balaban J connectivity index is 1.77. The van der Waals surface area contributed by atoms with E-state index in [2.05, 4.69) is 4.90 Å². The van der Waals surface area contributed by atoms with Gasteiger partial charge in [-0.3, -0.25) is 9.69 Å². The van der Waals surface area contributed by atoms with Crippen molar-refractivity contribution in [1.82, 2.24) is 4.90 Å². The van der Waals surface area contributed by atoms with Crippen LogP contribution in [0.25, 0.3) is 0 Å². The van der Waals surface area contributed by atoms with Crippen LogP contribution in [0.15, 0.2) is 48.5 Å². The number of carbonyl (C=O) groups is 1. The summed E-state index contributed by atoms with van der Waals surface area (Å²) in [5.41, 5.74) is 7.76. The summed E-state index contributed by atoms with van der Waals surface area (Å²) in [5, 5.41) is 10.0. The van der Waals surface area contributed by atoms with Gasteiger partial charge in [-0.1, -0.05) is 24.3 Å². The number of likely N-dealkylation sites (tertiary alicyclic amines) is 1. The van der Waals surface area contributed by atoms with Crippen LogP contribution in [0.1, 0.15) is 33.9 Å². The molecule has 0 unspecified atom stereocenters. The highest BCUT2D eigenvalue weighted by molar-refractivity contribution is 5.92. The number of amides is 1. The van der Waals surface area contributed by atoms with Gasteiger partial charge in [-0.05, 0) is 41.8 Å². The van der Waals surface area contributed by atoms with Crippen molar-refractivity contribution in [2.45, 2.75) is 25.1 Å². The van der Waals surface area contributed by atoms with Crippen molar-refractivity contribution in [3.63, 3.8) is 0 Å². The molecule has 0 radical (unpaired) electrons. The molecule has 3 N–H and O–H groups in total. The summed E-state index contributed by atoms with van der Waals surface area (Å²) < 4.78 is 13.1. The van der Waals surface area contributed by atoms with Gasteiger partial charge >= 0.3 is 0 Å². The molecule has 2 atom stereocenters. The van der Waals surface area contributed by atoms with Gasteiger partial charge in [0.05, 0.1) is 6.10 Å². The van der Waals surface area contributed by atoms with Crippen LogP contribution in [0.2, 0.25) is 0 Å². The molecule has 5 heteroatoms. The number of benzene rings is 2. The summed E-state index contributed by atoms with van der Waals surface area (Å²) in [6.07, 6.45) is 0.236. The number of hydrogen-bond donors (Lipinski definition) is 2. The molecule has 2 aromatic carbocycles. The Morgan fingerprint density at radius 2 is 1.83 bits per heavy atom. The van der Waals surface area contributed by atoms with Gasteiger partial charge in [0.1, 0.15) is 5.82 Å². The predicted octanol–water partition coefficient (Wildman–Crippen LogP) is 2.23. The monoisotopic (exact) mass is 314 g/mol. The molecule has 1 amide bonds. The average Bonchev–Trinajstić information content (AvgIpc) is 2.89. The van der Waals surface area contributed by atoms with Crippen LogP contribution in [0.5, 0.6) is 0 Å². The number of halogens is 1. The van der Waals surface area contributed by atoms with Gasteiger partial charge in [-0.2, -0.15) is 0 Å². The maximum atomic E-state index is 13.1. The standard InChI is InChI=1S/C18H19FN2O2/c19-15-7-5-13(6-8-15)17-9-16(22)11-21(17)10-12-1-3-14(4-2-12)18(20)23/h1-8,16-17,22H,9-11H2,(H2,20,23)/t16-,17+/m0/s1. The smallest absolute Gasteiger partial charge is 0.248 e. The number of nitrogens with two attached hydrogens (primary N) is 1. The van der Waals surface area contributed by atoms with Crippen LogP contribution in [0, 0.1) is 5.82 Å². The Bertz CT molecular complexity index is 685. The van der Waals surface area contributed by atoms with E-state index in [9.17, 15) is 14.3 Å². The Morgan fingerprint density at radius 1 is 1.17 bits per heavy atom. The van der Waals surface area contributed by atoms with Crippen LogP contribution < -0.4 is 5.73 Å². The van der Waals surface area contributed by atoms with Gasteiger partial charge in [0, 0.05) is 24.7 Å². The quantitative estimate of drug-likeness (QED) is 0.909. The molecule has 0 bridgehead atoms. The number of primary amides is 1. The minimum absolute atomic E-state index is 0.0569. The van der Waals surface area contributed by atoms with Crippen molar-refractivity contribution in [1.29, 1.82) is 0 Å². The summed E-state index contributed by atoms with van der Waals surface area (Å²) in [6.45, 7) is 1.22.